The Balaban J connectivity index is 2.46. The number of nitrogens with two attached hydrogens (primary N) is 1. The van der Waals surface area contributed by atoms with Crippen LogP contribution in [-0.2, 0) is 7.05 Å². The topological polar surface area (TPSA) is 68.8 Å². The minimum Gasteiger partial charge on any atom is -0.271 e. The molecule has 2 aromatic rings. The van der Waals surface area contributed by atoms with Crippen LogP contribution in [0.4, 0.5) is 0 Å². The molecule has 2 rings (SSSR count). The van der Waals surface area contributed by atoms with E-state index in [9.17, 15) is 0 Å². The molecule has 0 spiro atoms. The van der Waals surface area contributed by atoms with Gasteiger partial charge in [-0.3, -0.25) is 10.5 Å². The summed E-state index contributed by atoms with van der Waals surface area (Å²) in [6, 6.07) is 6.01. The van der Waals surface area contributed by atoms with E-state index in [1.807, 2.05) is 26.1 Å². The van der Waals surface area contributed by atoms with Gasteiger partial charge in [0.2, 0.25) is 0 Å². The molecular formula is C11H14BrN5. The van der Waals surface area contributed by atoms with Crippen LogP contribution in [0.5, 0.6) is 0 Å². The number of halogens is 1. The van der Waals surface area contributed by atoms with E-state index in [0.29, 0.717) is 0 Å². The van der Waals surface area contributed by atoms with Gasteiger partial charge >= 0.3 is 0 Å². The van der Waals surface area contributed by atoms with Gasteiger partial charge in [-0.05, 0) is 24.1 Å². The molecule has 1 atom stereocenters. The number of nitrogens with zero attached hydrogens (tertiary/aromatic N) is 3. The Hall–Kier alpha value is -1.24. The Morgan fingerprint density at radius 1 is 1.47 bits per heavy atom. The third-order valence-electron chi connectivity index (χ3n) is 2.68. The largest absolute Gasteiger partial charge is 0.271 e. The van der Waals surface area contributed by atoms with Gasteiger partial charge in [0.25, 0.3) is 0 Å². The molecule has 1 heterocycles. The molecular weight excluding hydrogens is 282 g/mol. The first-order valence-electron chi connectivity index (χ1n) is 5.20. The number of aryl methyl sites for hydroxylation is 2. The minimum atomic E-state index is -0.134. The molecule has 90 valence electrons. The van der Waals surface area contributed by atoms with E-state index in [0.717, 1.165) is 15.7 Å². The zero-order chi connectivity index (χ0) is 12.4. The van der Waals surface area contributed by atoms with Crippen molar-refractivity contribution in [3.63, 3.8) is 0 Å². The van der Waals surface area contributed by atoms with Gasteiger partial charge < -0.3 is 0 Å². The second kappa shape index (κ2) is 4.95. The fraction of sp³-hybridized carbons (Fsp3) is 0.273. The van der Waals surface area contributed by atoms with E-state index in [1.54, 1.807) is 10.9 Å². The quantitative estimate of drug-likeness (QED) is 0.664. The van der Waals surface area contributed by atoms with Crippen LogP contribution in [0.25, 0.3) is 0 Å². The van der Waals surface area contributed by atoms with Crippen LogP contribution in [0, 0.1) is 6.92 Å². The van der Waals surface area contributed by atoms with E-state index in [-0.39, 0.29) is 6.04 Å². The Morgan fingerprint density at radius 3 is 2.76 bits per heavy atom. The molecule has 0 saturated heterocycles. The third-order valence-corrected chi connectivity index (χ3v) is 3.37. The second-order valence-electron chi connectivity index (χ2n) is 3.91. The molecule has 0 saturated carbocycles. The first-order valence-corrected chi connectivity index (χ1v) is 5.99. The lowest BCUT2D eigenvalue weighted by Gasteiger charge is -2.17. The highest BCUT2D eigenvalue weighted by Crippen LogP contribution is 2.28. The van der Waals surface area contributed by atoms with Gasteiger partial charge in [-0.15, -0.1) is 5.10 Å². The lowest BCUT2D eigenvalue weighted by molar-refractivity contribution is 0.569. The van der Waals surface area contributed by atoms with Crippen LogP contribution in [-0.4, -0.2) is 15.0 Å². The lowest BCUT2D eigenvalue weighted by atomic mass is 10.0. The highest BCUT2D eigenvalue weighted by molar-refractivity contribution is 9.10. The average Bonchev–Trinajstić information content (AvgIpc) is 2.69. The van der Waals surface area contributed by atoms with Crippen molar-refractivity contribution >= 4 is 15.9 Å². The summed E-state index contributed by atoms with van der Waals surface area (Å²) >= 11 is 3.55. The van der Waals surface area contributed by atoms with Crippen molar-refractivity contribution in [2.45, 2.75) is 13.0 Å². The Morgan fingerprint density at radius 2 is 2.24 bits per heavy atom. The second-order valence-corrected chi connectivity index (χ2v) is 4.76. The lowest BCUT2D eigenvalue weighted by Crippen LogP contribution is -2.30. The predicted octanol–water partition coefficient (Wildman–Crippen LogP) is 1.44. The van der Waals surface area contributed by atoms with Crippen LogP contribution in [0.2, 0.25) is 0 Å². The summed E-state index contributed by atoms with van der Waals surface area (Å²) < 4.78 is 2.72. The SMILES string of the molecule is Cc1ccc(C(NN)c2cnnn2C)c(Br)c1. The molecule has 17 heavy (non-hydrogen) atoms. The van der Waals surface area contributed by atoms with E-state index in [1.165, 1.54) is 5.56 Å². The van der Waals surface area contributed by atoms with Crippen LogP contribution in [0.1, 0.15) is 22.9 Å². The third kappa shape index (κ3) is 2.38. The molecule has 0 aliphatic heterocycles. The van der Waals surface area contributed by atoms with Crippen molar-refractivity contribution in [2.75, 3.05) is 0 Å². The maximum Gasteiger partial charge on any atom is 0.0905 e. The zero-order valence-corrected chi connectivity index (χ0v) is 11.3. The number of rotatable bonds is 3. The molecule has 0 amide bonds. The predicted molar refractivity (Wildman–Crippen MR) is 69.0 cm³/mol. The molecule has 1 aromatic heterocycles. The molecule has 5 nitrogen and oxygen atoms in total. The monoisotopic (exact) mass is 295 g/mol. The van der Waals surface area contributed by atoms with Crippen LogP contribution in [0.15, 0.2) is 28.9 Å². The summed E-state index contributed by atoms with van der Waals surface area (Å²) in [5, 5.41) is 7.78. The van der Waals surface area contributed by atoms with Crippen molar-refractivity contribution in [3.8, 4) is 0 Å². The van der Waals surface area contributed by atoms with Gasteiger partial charge in [0.1, 0.15) is 0 Å². The van der Waals surface area contributed by atoms with Crippen LogP contribution in [0.3, 0.4) is 0 Å². The summed E-state index contributed by atoms with van der Waals surface area (Å²) in [7, 11) is 1.84. The smallest absolute Gasteiger partial charge is 0.0905 e. The van der Waals surface area contributed by atoms with Gasteiger partial charge in [0.15, 0.2) is 0 Å². The van der Waals surface area contributed by atoms with Gasteiger partial charge in [-0.2, -0.15) is 0 Å². The molecule has 0 aliphatic rings. The molecule has 3 N–H and O–H groups in total. The van der Waals surface area contributed by atoms with E-state index < -0.39 is 0 Å². The van der Waals surface area contributed by atoms with E-state index in [2.05, 4.69) is 37.7 Å². The average molecular weight is 296 g/mol. The number of hydrazine groups is 1. The first kappa shape index (κ1) is 12.2. The van der Waals surface area contributed by atoms with Crippen LogP contribution >= 0.6 is 15.9 Å². The number of nitrogens with one attached hydrogen (secondary N) is 1. The highest BCUT2D eigenvalue weighted by Gasteiger charge is 2.18. The summed E-state index contributed by atoms with van der Waals surface area (Å²) in [6.07, 6.45) is 1.71. The fourth-order valence-corrected chi connectivity index (χ4v) is 2.48. The molecule has 1 unspecified atom stereocenters. The summed E-state index contributed by atoms with van der Waals surface area (Å²) in [6.45, 7) is 2.05. The number of aromatic nitrogens is 3. The van der Waals surface area contributed by atoms with Gasteiger partial charge in [0.05, 0.1) is 17.9 Å². The molecule has 1 aromatic carbocycles. The molecule has 0 radical (unpaired) electrons. The van der Waals surface area contributed by atoms with Crippen molar-refractivity contribution in [1.82, 2.24) is 20.4 Å². The van der Waals surface area contributed by atoms with Crippen molar-refractivity contribution in [2.24, 2.45) is 12.9 Å². The first-order chi connectivity index (χ1) is 8.13. The molecule has 0 fully saturated rings. The highest BCUT2D eigenvalue weighted by atomic mass is 79.9. The Kier molecular flexibility index (Phi) is 3.56. The zero-order valence-electron chi connectivity index (χ0n) is 9.68. The summed E-state index contributed by atoms with van der Waals surface area (Å²) in [5.74, 6) is 5.63. The normalized spacial score (nSPS) is 12.7. The van der Waals surface area contributed by atoms with Gasteiger partial charge in [-0.1, -0.05) is 33.3 Å². The van der Waals surface area contributed by atoms with Crippen molar-refractivity contribution in [3.05, 3.63) is 45.7 Å². The van der Waals surface area contributed by atoms with Gasteiger partial charge in [-0.25, -0.2) is 5.43 Å². The summed E-state index contributed by atoms with van der Waals surface area (Å²) in [5.41, 5.74) is 5.96. The van der Waals surface area contributed by atoms with E-state index >= 15 is 0 Å². The maximum atomic E-state index is 5.63. The van der Waals surface area contributed by atoms with Crippen molar-refractivity contribution in [1.29, 1.82) is 0 Å². The van der Waals surface area contributed by atoms with Crippen LogP contribution < -0.4 is 11.3 Å². The number of hydrogen-bond donors (Lipinski definition) is 2. The molecule has 0 bridgehead atoms. The molecule has 0 aliphatic carbocycles. The standard InChI is InChI=1S/C11H14BrN5/c1-7-3-4-8(9(12)5-7)11(15-13)10-6-14-16-17(10)2/h3-6,11,15H,13H2,1-2H3. The number of hydrogen-bond acceptors (Lipinski definition) is 4. The minimum absolute atomic E-state index is 0.134. The van der Waals surface area contributed by atoms with E-state index in [4.69, 9.17) is 5.84 Å². The maximum absolute atomic E-state index is 5.63. The number of benzene rings is 1. The van der Waals surface area contributed by atoms with Crippen molar-refractivity contribution < 1.29 is 0 Å². The Labute approximate surface area is 108 Å². The van der Waals surface area contributed by atoms with Gasteiger partial charge in [0, 0.05) is 11.5 Å². The molecule has 6 heteroatoms. The summed E-state index contributed by atoms with van der Waals surface area (Å²) in [4.78, 5) is 0. The fourth-order valence-electron chi connectivity index (χ4n) is 1.76. The Bertz CT molecular complexity index is 522.